The molecule has 0 aliphatic carbocycles. The fourth-order valence-electron chi connectivity index (χ4n) is 2.35. The summed E-state index contributed by atoms with van der Waals surface area (Å²) in [6.07, 6.45) is 0. The van der Waals surface area contributed by atoms with Gasteiger partial charge in [-0.1, -0.05) is 11.6 Å². The number of nitrogens with one attached hydrogen (secondary N) is 2. The number of hydrogen-bond donors (Lipinski definition) is 2. The summed E-state index contributed by atoms with van der Waals surface area (Å²) in [5.41, 5.74) is 2.70. The van der Waals surface area contributed by atoms with Crippen molar-refractivity contribution in [1.82, 2.24) is 0 Å². The van der Waals surface area contributed by atoms with Crippen LogP contribution in [0.15, 0.2) is 36.4 Å². The van der Waals surface area contributed by atoms with Crippen LogP contribution in [0.1, 0.15) is 26.3 Å². The maximum absolute atomic E-state index is 11.0. The van der Waals surface area contributed by atoms with Crippen molar-refractivity contribution in [3.05, 3.63) is 47.0 Å². The smallest absolute Gasteiger partial charge is 0.221 e. The molecule has 2 aromatic carbocycles. The average Bonchev–Trinajstić information content (AvgIpc) is 2.57. The van der Waals surface area contributed by atoms with E-state index in [1.165, 1.54) is 6.92 Å². The molecule has 0 saturated heterocycles. The average molecular weight is 363 g/mol. The number of benzene rings is 2. The molecule has 1 amide bonds. The lowest BCUT2D eigenvalue weighted by Crippen LogP contribution is -2.06. The third-order valence-electron chi connectivity index (χ3n) is 3.36. The molecule has 2 N–H and O–H groups in total. The summed E-state index contributed by atoms with van der Waals surface area (Å²) in [5.74, 6) is 1.14. The molecule has 0 atom stereocenters. The predicted octanol–water partition coefficient (Wildman–Crippen LogP) is 4.71. The van der Waals surface area contributed by atoms with E-state index in [2.05, 4.69) is 10.6 Å². The van der Waals surface area contributed by atoms with Gasteiger partial charge in [0.2, 0.25) is 5.91 Å². The first-order valence-electron chi connectivity index (χ1n) is 8.23. The van der Waals surface area contributed by atoms with E-state index >= 15 is 0 Å². The standard InChI is InChI=1S/C19H23ClN2O3/c1-4-24-18-11-14(10-17(20)19(18)25-5-2)12-21-15-6-8-16(9-7-15)22-13(3)23/h6-11,21H,4-5,12H2,1-3H3,(H,22,23). The number of anilines is 2. The summed E-state index contributed by atoms with van der Waals surface area (Å²) >= 11 is 6.33. The van der Waals surface area contributed by atoms with Gasteiger partial charge < -0.3 is 20.1 Å². The van der Waals surface area contributed by atoms with Crippen LogP contribution in [0, 0.1) is 0 Å². The van der Waals surface area contributed by atoms with E-state index in [9.17, 15) is 4.79 Å². The van der Waals surface area contributed by atoms with Crippen LogP contribution in [-0.2, 0) is 11.3 Å². The van der Waals surface area contributed by atoms with E-state index in [-0.39, 0.29) is 5.91 Å². The number of carbonyl (C=O) groups excluding carboxylic acids is 1. The van der Waals surface area contributed by atoms with Crippen LogP contribution in [0.25, 0.3) is 0 Å². The number of amides is 1. The van der Waals surface area contributed by atoms with E-state index in [0.717, 1.165) is 16.9 Å². The molecule has 5 nitrogen and oxygen atoms in total. The van der Waals surface area contributed by atoms with Crippen molar-refractivity contribution >= 4 is 28.9 Å². The first-order valence-corrected chi connectivity index (χ1v) is 8.60. The van der Waals surface area contributed by atoms with Gasteiger partial charge in [0.05, 0.1) is 18.2 Å². The first-order chi connectivity index (χ1) is 12.0. The molecule has 0 unspecified atom stereocenters. The molecule has 134 valence electrons. The Bertz CT molecular complexity index is 717. The maximum atomic E-state index is 11.0. The molecule has 6 heteroatoms. The summed E-state index contributed by atoms with van der Waals surface area (Å²) in [5, 5.41) is 6.59. The Morgan fingerprint density at radius 2 is 1.68 bits per heavy atom. The number of rotatable bonds is 8. The fourth-order valence-corrected chi connectivity index (χ4v) is 2.64. The van der Waals surface area contributed by atoms with Crippen molar-refractivity contribution in [2.45, 2.75) is 27.3 Å². The van der Waals surface area contributed by atoms with Gasteiger partial charge in [-0.25, -0.2) is 0 Å². The molecule has 0 bridgehead atoms. The number of ether oxygens (including phenoxy) is 2. The Balaban J connectivity index is 2.08. The molecule has 0 aliphatic heterocycles. The molecule has 0 aliphatic rings. The Hall–Kier alpha value is -2.40. The van der Waals surface area contributed by atoms with Crippen molar-refractivity contribution in [3.63, 3.8) is 0 Å². The summed E-state index contributed by atoms with van der Waals surface area (Å²) in [6, 6.07) is 11.3. The van der Waals surface area contributed by atoms with E-state index in [1.54, 1.807) is 0 Å². The Morgan fingerprint density at radius 3 is 2.28 bits per heavy atom. The molecule has 2 aromatic rings. The number of halogens is 1. The topological polar surface area (TPSA) is 59.6 Å². The Morgan fingerprint density at radius 1 is 1.04 bits per heavy atom. The van der Waals surface area contributed by atoms with Gasteiger partial charge in [0, 0.05) is 24.8 Å². The molecule has 0 saturated carbocycles. The second-order valence-corrected chi connectivity index (χ2v) is 5.79. The highest BCUT2D eigenvalue weighted by atomic mass is 35.5. The van der Waals surface area contributed by atoms with Gasteiger partial charge in [0.25, 0.3) is 0 Å². The quantitative estimate of drug-likeness (QED) is 0.714. The molecule has 0 spiro atoms. The van der Waals surface area contributed by atoms with Crippen LogP contribution < -0.4 is 20.1 Å². The lowest BCUT2D eigenvalue weighted by Gasteiger charge is -2.15. The van der Waals surface area contributed by atoms with Gasteiger partial charge in [0.1, 0.15) is 0 Å². The Kier molecular flexibility index (Phi) is 6.95. The highest BCUT2D eigenvalue weighted by molar-refractivity contribution is 6.32. The fraction of sp³-hybridized carbons (Fsp3) is 0.316. The van der Waals surface area contributed by atoms with Crippen LogP contribution in [0.3, 0.4) is 0 Å². The minimum Gasteiger partial charge on any atom is -0.490 e. The minimum absolute atomic E-state index is 0.0896. The summed E-state index contributed by atoms with van der Waals surface area (Å²) in [6.45, 7) is 6.97. The van der Waals surface area contributed by atoms with E-state index in [1.807, 2.05) is 50.2 Å². The van der Waals surface area contributed by atoms with Crippen LogP contribution in [0.2, 0.25) is 5.02 Å². The predicted molar refractivity (Wildman–Crippen MR) is 102 cm³/mol. The van der Waals surface area contributed by atoms with Crippen molar-refractivity contribution in [2.24, 2.45) is 0 Å². The molecular formula is C19H23ClN2O3. The normalized spacial score (nSPS) is 10.2. The van der Waals surface area contributed by atoms with Gasteiger partial charge in [-0.3, -0.25) is 4.79 Å². The second kappa shape index (κ2) is 9.18. The van der Waals surface area contributed by atoms with Crippen molar-refractivity contribution in [3.8, 4) is 11.5 Å². The van der Waals surface area contributed by atoms with Gasteiger partial charge in [0.15, 0.2) is 11.5 Å². The van der Waals surface area contributed by atoms with E-state index in [0.29, 0.717) is 36.3 Å². The monoisotopic (exact) mass is 362 g/mol. The van der Waals surface area contributed by atoms with Gasteiger partial charge >= 0.3 is 0 Å². The van der Waals surface area contributed by atoms with Crippen LogP contribution in [0.4, 0.5) is 11.4 Å². The molecule has 0 fully saturated rings. The van der Waals surface area contributed by atoms with E-state index in [4.69, 9.17) is 21.1 Å². The largest absolute Gasteiger partial charge is 0.490 e. The SMILES string of the molecule is CCOc1cc(CNc2ccc(NC(C)=O)cc2)cc(Cl)c1OCC. The van der Waals surface area contributed by atoms with Gasteiger partial charge in [-0.15, -0.1) is 0 Å². The molecule has 0 aromatic heterocycles. The summed E-state index contributed by atoms with van der Waals surface area (Å²) in [4.78, 5) is 11.0. The van der Waals surface area contributed by atoms with Gasteiger partial charge in [-0.2, -0.15) is 0 Å². The highest BCUT2D eigenvalue weighted by Gasteiger charge is 2.12. The van der Waals surface area contributed by atoms with Crippen LogP contribution in [0.5, 0.6) is 11.5 Å². The number of carbonyl (C=O) groups is 1. The lowest BCUT2D eigenvalue weighted by atomic mass is 10.2. The van der Waals surface area contributed by atoms with Crippen LogP contribution in [-0.4, -0.2) is 19.1 Å². The summed E-state index contributed by atoms with van der Waals surface area (Å²) < 4.78 is 11.2. The zero-order valence-corrected chi connectivity index (χ0v) is 15.4. The second-order valence-electron chi connectivity index (χ2n) is 5.38. The zero-order chi connectivity index (χ0) is 18.2. The first kappa shape index (κ1) is 18.9. The molecule has 25 heavy (non-hydrogen) atoms. The van der Waals surface area contributed by atoms with Crippen molar-refractivity contribution < 1.29 is 14.3 Å². The van der Waals surface area contributed by atoms with Crippen molar-refractivity contribution in [2.75, 3.05) is 23.8 Å². The minimum atomic E-state index is -0.0896. The van der Waals surface area contributed by atoms with E-state index < -0.39 is 0 Å². The third kappa shape index (κ3) is 5.57. The summed E-state index contributed by atoms with van der Waals surface area (Å²) in [7, 11) is 0. The Labute approximate surface area is 153 Å². The zero-order valence-electron chi connectivity index (χ0n) is 14.7. The highest BCUT2D eigenvalue weighted by Crippen LogP contribution is 2.36. The molecule has 0 radical (unpaired) electrons. The molecule has 2 rings (SSSR count). The maximum Gasteiger partial charge on any atom is 0.221 e. The third-order valence-corrected chi connectivity index (χ3v) is 3.64. The molecule has 0 heterocycles. The lowest BCUT2D eigenvalue weighted by molar-refractivity contribution is -0.114. The van der Waals surface area contributed by atoms with Crippen molar-refractivity contribution in [1.29, 1.82) is 0 Å². The molecular weight excluding hydrogens is 340 g/mol. The van der Waals surface area contributed by atoms with Gasteiger partial charge in [-0.05, 0) is 55.8 Å². The van der Waals surface area contributed by atoms with Crippen LogP contribution >= 0.6 is 11.6 Å². The number of hydrogen-bond acceptors (Lipinski definition) is 4.